The Morgan fingerprint density at radius 3 is 3.05 bits per heavy atom. The first kappa shape index (κ1) is 13.5. The van der Waals surface area contributed by atoms with Crippen molar-refractivity contribution in [2.75, 3.05) is 19.5 Å². The molecular weight excluding hydrogens is 252 g/mol. The molecule has 0 aliphatic carbocycles. The molecular formula is C11H14N4O4. The monoisotopic (exact) mass is 266 g/mol. The van der Waals surface area contributed by atoms with Crippen LogP contribution in [0.5, 0.6) is 0 Å². The van der Waals surface area contributed by atoms with Gasteiger partial charge in [0.1, 0.15) is 23.9 Å². The fourth-order valence-electron chi connectivity index (χ4n) is 2.04. The molecule has 1 aliphatic heterocycles. The van der Waals surface area contributed by atoms with E-state index in [1.165, 1.54) is 19.4 Å². The fourth-order valence-corrected chi connectivity index (χ4v) is 2.04. The van der Waals surface area contributed by atoms with Crippen molar-refractivity contribution >= 4 is 5.82 Å². The van der Waals surface area contributed by atoms with Crippen LogP contribution in [0.15, 0.2) is 17.1 Å². The van der Waals surface area contributed by atoms with Gasteiger partial charge in [0.15, 0.2) is 6.23 Å². The molecule has 1 aliphatic rings. The summed E-state index contributed by atoms with van der Waals surface area (Å²) >= 11 is 0. The first-order valence-electron chi connectivity index (χ1n) is 5.65. The van der Waals surface area contributed by atoms with Crippen molar-refractivity contribution in [1.82, 2.24) is 9.55 Å². The van der Waals surface area contributed by atoms with Crippen molar-refractivity contribution in [2.45, 2.75) is 18.4 Å². The maximum absolute atomic E-state index is 11.7. The highest BCUT2D eigenvalue weighted by atomic mass is 16.6. The second-order valence-electron chi connectivity index (χ2n) is 4.21. The number of nitrogens with two attached hydrogens (primary N) is 1. The molecule has 8 nitrogen and oxygen atoms in total. The SMILES string of the molecule is COC[C@H]1OC(n2ccc(N)nc2=O)[C@@H](C#N)[C@@H]1O. The molecule has 1 fully saturated rings. The summed E-state index contributed by atoms with van der Waals surface area (Å²) in [6.07, 6.45) is -1.20. The van der Waals surface area contributed by atoms with Gasteiger partial charge in [0.2, 0.25) is 0 Å². The van der Waals surface area contributed by atoms with Crippen LogP contribution >= 0.6 is 0 Å². The zero-order valence-electron chi connectivity index (χ0n) is 10.3. The van der Waals surface area contributed by atoms with Crippen molar-refractivity contribution in [1.29, 1.82) is 5.26 Å². The molecule has 0 aromatic carbocycles. The Bertz CT molecular complexity index is 552. The second-order valence-corrected chi connectivity index (χ2v) is 4.21. The van der Waals surface area contributed by atoms with E-state index in [1.807, 2.05) is 6.07 Å². The van der Waals surface area contributed by atoms with E-state index in [9.17, 15) is 9.90 Å². The number of nitriles is 1. The standard InChI is InChI=1S/C11H14N4O4/c1-18-5-7-9(16)6(4-12)10(19-7)15-3-2-8(13)14-11(15)17/h2-3,6-7,9-10,16H,5H2,1H3,(H2,13,14,17)/t6-,7+,9-,10?/m0/s1. The third-order valence-electron chi connectivity index (χ3n) is 2.98. The number of hydrogen-bond donors (Lipinski definition) is 2. The van der Waals surface area contributed by atoms with Crippen molar-refractivity contribution in [3.05, 3.63) is 22.7 Å². The lowest BCUT2D eigenvalue weighted by Crippen LogP contribution is -2.31. The summed E-state index contributed by atoms with van der Waals surface area (Å²) in [7, 11) is 1.46. The van der Waals surface area contributed by atoms with Gasteiger partial charge in [-0.1, -0.05) is 0 Å². The van der Waals surface area contributed by atoms with E-state index in [0.717, 1.165) is 4.57 Å². The topological polar surface area (TPSA) is 123 Å². The Labute approximate surface area is 109 Å². The Morgan fingerprint density at radius 2 is 2.47 bits per heavy atom. The highest BCUT2D eigenvalue weighted by Gasteiger charge is 2.45. The minimum atomic E-state index is -1.03. The number of rotatable bonds is 3. The van der Waals surface area contributed by atoms with Crippen LogP contribution in [0.1, 0.15) is 6.23 Å². The molecule has 4 atom stereocenters. The van der Waals surface area contributed by atoms with Gasteiger partial charge in [-0.05, 0) is 6.07 Å². The van der Waals surface area contributed by atoms with Crippen molar-refractivity contribution in [3.8, 4) is 6.07 Å². The molecule has 102 valence electrons. The lowest BCUT2D eigenvalue weighted by Gasteiger charge is -2.16. The van der Waals surface area contributed by atoms with Gasteiger partial charge in [0.25, 0.3) is 0 Å². The van der Waals surface area contributed by atoms with Crippen molar-refractivity contribution < 1.29 is 14.6 Å². The quantitative estimate of drug-likeness (QED) is 0.709. The number of nitrogen functional groups attached to an aromatic ring is 1. The Kier molecular flexibility index (Phi) is 3.80. The number of aromatic nitrogens is 2. The molecule has 1 aromatic rings. The number of ether oxygens (including phenoxy) is 2. The van der Waals surface area contributed by atoms with E-state index in [4.69, 9.17) is 20.5 Å². The number of aliphatic hydroxyl groups is 1. The van der Waals surface area contributed by atoms with Crippen LogP contribution in [0.2, 0.25) is 0 Å². The predicted octanol–water partition coefficient (Wildman–Crippen LogP) is -1.13. The Balaban J connectivity index is 2.33. The fraction of sp³-hybridized carbons (Fsp3) is 0.545. The van der Waals surface area contributed by atoms with Gasteiger partial charge < -0.3 is 20.3 Å². The molecule has 2 rings (SSSR count). The summed E-state index contributed by atoms with van der Waals surface area (Å²) in [6.45, 7) is 0.132. The number of hydrogen-bond acceptors (Lipinski definition) is 7. The summed E-state index contributed by atoms with van der Waals surface area (Å²) in [4.78, 5) is 15.3. The molecule has 0 bridgehead atoms. The highest BCUT2D eigenvalue weighted by Crippen LogP contribution is 2.33. The van der Waals surface area contributed by atoms with Gasteiger partial charge in [-0.15, -0.1) is 0 Å². The van der Waals surface area contributed by atoms with E-state index in [-0.39, 0.29) is 12.4 Å². The van der Waals surface area contributed by atoms with E-state index in [2.05, 4.69) is 4.98 Å². The van der Waals surface area contributed by atoms with Crippen LogP contribution in [0.3, 0.4) is 0 Å². The van der Waals surface area contributed by atoms with Crippen LogP contribution in [0.25, 0.3) is 0 Å². The molecule has 1 aromatic heterocycles. The Morgan fingerprint density at radius 1 is 1.74 bits per heavy atom. The minimum Gasteiger partial charge on any atom is -0.389 e. The summed E-state index contributed by atoms with van der Waals surface area (Å²) < 4.78 is 11.6. The van der Waals surface area contributed by atoms with Crippen molar-refractivity contribution in [3.63, 3.8) is 0 Å². The summed E-state index contributed by atoms with van der Waals surface area (Å²) in [5.74, 6) is -0.787. The molecule has 8 heteroatoms. The van der Waals surface area contributed by atoms with Gasteiger partial charge in [-0.2, -0.15) is 10.2 Å². The average Bonchev–Trinajstić information content (AvgIpc) is 2.67. The smallest absolute Gasteiger partial charge is 0.351 e. The average molecular weight is 266 g/mol. The molecule has 0 amide bonds. The summed E-state index contributed by atoms with van der Waals surface area (Å²) in [5, 5.41) is 19.1. The van der Waals surface area contributed by atoms with E-state index < -0.39 is 30.0 Å². The molecule has 3 N–H and O–H groups in total. The predicted molar refractivity (Wildman–Crippen MR) is 63.8 cm³/mol. The number of nitrogens with zero attached hydrogens (tertiary/aromatic N) is 3. The number of anilines is 1. The van der Waals surface area contributed by atoms with Gasteiger partial charge in [0, 0.05) is 13.3 Å². The van der Waals surface area contributed by atoms with Crippen LogP contribution in [-0.2, 0) is 9.47 Å². The number of methoxy groups -OCH3 is 1. The molecule has 2 heterocycles. The molecule has 1 unspecified atom stereocenters. The van der Waals surface area contributed by atoms with E-state index in [0.29, 0.717) is 0 Å². The van der Waals surface area contributed by atoms with Crippen molar-refractivity contribution in [2.24, 2.45) is 5.92 Å². The van der Waals surface area contributed by atoms with Gasteiger partial charge >= 0.3 is 5.69 Å². The molecule has 1 saturated heterocycles. The zero-order valence-corrected chi connectivity index (χ0v) is 10.3. The molecule has 0 radical (unpaired) electrons. The van der Waals surface area contributed by atoms with Crippen LogP contribution < -0.4 is 11.4 Å². The minimum absolute atomic E-state index is 0.0849. The highest BCUT2D eigenvalue weighted by molar-refractivity contribution is 5.23. The lowest BCUT2D eigenvalue weighted by atomic mass is 10.0. The molecule has 0 saturated carbocycles. The maximum Gasteiger partial charge on any atom is 0.351 e. The second kappa shape index (κ2) is 5.36. The Hall–Kier alpha value is -1.95. The zero-order chi connectivity index (χ0) is 14.0. The largest absolute Gasteiger partial charge is 0.389 e. The van der Waals surface area contributed by atoms with E-state index >= 15 is 0 Å². The lowest BCUT2D eigenvalue weighted by molar-refractivity contribution is -0.0555. The number of aliphatic hydroxyl groups excluding tert-OH is 1. The first-order chi connectivity index (χ1) is 9.08. The van der Waals surface area contributed by atoms with Crippen LogP contribution in [0.4, 0.5) is 5.82 Å². The van der Waals surface area contributed by atoms with Gasteiger partial charge in [-0.25, -0.2) is 4.79 Å². The maximum atomic E-state index is 11.7. The van der Waals surface area contributed by atoms with E-state index in [1.54, 1.807) is 0 Å². The third kappa shape index (κ3) is 2.44. The third-order valence-corrected chi connectivity index (χ3v) is 2.98. The van der Waals surface area contributed by atoms with Gasteiger partial charge in [0.05, 0.1) is 12.7 Å². The van der Waals surface area contributed by atoms with Crippen LogP contribution in [-0.4, -0.2) is 40.6 Å². The normalized spacial score (nSPS) is 30.2. The molecule has 19 heavy (non-hydrogen) atoms. The summed E-state index contributed by atoms with van der Waals surface area (Å²) in [6, 6.07) is 3.37. The van der Waals surface area contributed by atoms with Crippen LogP contribution in [0, 0.1) is 17.2 Å². The first-order valence-corrected chi connectivity index (χ1v) is 5.65. The van der Waals surface area contributed by atoms with Gasteiger partial charge in [-0.3, -0.25) is 4.57 Å². The molecule has 0 spiro atoms. The summed E-state index contributed by atoms with van der Waals surface area (Å²) in [5.41, 5.74) is 4.77.